The minimum absolute atomic E-state index is 0.695. The van der Waals surface area contributed by atoms with Gasteiger partial charge in [-0.1, -0.05) is 12.1 Å². The van der Waals surface area contributed by atoms with Crippen molar-refractivity contribution in [3.8, 4) is 5.69 Å². The Morgan fingerprint density at radius 2 is 2.00 bits per heavy atom. The van der Waals surface area contributed by atoms with E-state index in [0.29, 0.717) is 6.54 Å². The van der Waals surface area contributed by atoms with Crippen LogP contribution in [0.5, 0.6) is 0 Å². The second-order valence-electron chi connectivity index (χ2n) is 3.67. The normalized spacial score (nSPS) is 10.5. The smallest absolute Gasteiger partial charge is 0.0645 e. The highest BCUT2D eigenvalue weighted by atomic mass is 15.3. The summed E-state index contributed by atoms with van der Waals surface area (Å²) in [7, 11) is 0. The van der Waals surface area contributed by atoms with Crippen LogP contribution in [0.15, 0.2) is 36.7 Å². The molecule has 2 N–H and O–H groups in total. The third kappa shape index (κ3) is 2.25. The molecular formula is C12H15N3. The Kier molecular flexibility index (Phi) is 2.83. The predicted octanol–water partition coefficient (Wildman–Crippen LogP) is 1.68. The minimum Gasteiger partial charge on any atom is -0.330 e. The molecule has 0 spiro atoms. The maximum Gasteiger partial charge on any atom is 0.0645 e. The van der Waals surface area contributed by atoms with Crippen LogP contribution in [0, 0.1) is 6.92 Å². The van der Waals surface area contributed by atoms with E-state index < -0.39 is 0 Å². The zero-order valence-electron chi connectivity index (χ0n) is 8.85. The van der Waals surface area contributed by atoms with Gasteiger partial charge in [0.25, 0.3) is 0 Å². The average molecular weight is 201 g/mol. The highest BCUT2D eigenvalue weighted by molar-refractivity contribution is 5.34. The van der Waals surface area contributed by atoms with E-state index in [9.17, 15) is 0 Å². The maximum absolute atomic E-state index is 5.50. The average Bonchev–Trinajstić information content (AvgIpc) is 2.67. The van der Waals surface area contributed by atoms with Crippen molar-refractivity contribution in [1.29, 1.82) is 0 Å². The number of hydrogen-bond donors (Lipinski definition) is 1. The Labute approximate surface area is 89.5 Å². The van der Waals surface area contributed by atoms with E-state index in [0.717, 1.165) is 12.1 Å². The SMILES string of the molecule is Cc1cnn(-c2ccc(CCN)cc2)c1. The lowest BCUT2D eigenvalue weighted by atomic mass is 10.1. The van der Waals surface area contributed by atoms with Crippen LogP contribution in [0.4, 0.5) is 0 Å². The molecule has 0 aliphatic rings. The molecule has 3 heteroatoms. The molecule has 0 radical (unpaired) electrons. The molecule has 15 heavy (non-hydrogen) atoms. The van der Waals surface area contributed by atoms with E-state index in [2.05, 4.69) is 29.4 Å². The van der Waals surface area contributed by atoms with Crippen LogP contribution in [-0.4, -0.2) is 16.3 Å². The summed E-state index contributed by atoms with van der Waals surface area (Å²) in [5.74, 6) is 0. The number of aryl methyl sites for hydroxylation is 1. The number of aromatic nitrogens is 2. The molecule has 1 aromatic carbocycles. The Morgan fingerprint density at radius 1 is 1.27 bits per heavy atom. The maximum atomic E-state index is 5.50. The highest BCUT2D eigenvalue weighted by Gasteiger charge is 1.97. The second kappa shape index (κ2) is 4.28. The molecular weight excluding hydrogens is 186 g/mol. The zero-order chi connectivity index (χ0) is 10.7. The van der Waals surface area contributed by atoms with Gasteiger partial charge >= 0.3 is 0 Å². The summed E-state index contributed by atoms with van der Waals surface area (Å²) in [6, 6.07) is 8.33. The second-order valence-corrected chi connectivity index (χ2v) is 3.67. The van der Waals surface area contributed by atoms with E-state index in [1.807, 2.05) is 24.0 Å². The Morgan fingerprint density at radius 3 is 2.53 bits per heavy atom. The van der Waals surface area contributed by atoms with Gasteiger partial charge in [0.15, 0.2) is 0 Å². The van der Waals surface area contributed by atoms with Crippen molar-refractivity contribution in [2.75, 3.05) is 6.54 Å². The van der Waals surface area contributed by atoms with Crippen LogP contribution >= 0.6 is 0 Å². The first kappa shape index (κ1) is 9.93. The summed E-state index contributed by atoms with van der Waals surface area (Å²) in [6.45, 7) is 2.73. The Balaban J connectivity index is 2.23. The van der Waals surface area contributed by atoms with Crippen molar-refractivity contribution < 1.29 is 0 Å². The van der Waals surface area contributed by atoms with E-state index in [1.54, 1.807) is 0 Å². The fourth-order valence-corrected chi connectivity index (χ4v) is 1.54. The summed E-state index contributed by atoms with van der Waals surface area (Å²) >= 11 is 0. The number of nitrogens with zero attached hydrogens (tertiary/aromatic N) is 2. The van der Waals surface area contributed by atoms with Gasteiger partial charge in [-0.3, -0.25) is 0 Å². The minimum atomic E-state index is 0.695. The largest absolute Gasteiger partial charge is 0.330 e. The molecule has 78 valence electrons. The Bertz CT molecular complexity index is 428. The van der Waals surface area contributed by atoms with Gasteiger partial charge in [0.1, 0.15) is 0 Å². The first-order valence-corrected chi connectivity index (χ1v) is 5.10. The third-order valence-electron chi connectivity index (χ3n) is 2.35. The summed E-state index contributed by atoms with van der Waals surface area (Å²) in [5, 5.41) is 4.25. The molecule has 0 saturated carbocycles. The molecule has 0 amide bonds. The molecule has 0 aliphatic carbocycles. The first-order chi connectivity index (χ1) is 7.29. The highest BCUT2D eigenvalue weighted by Crippen LogP contribution is 2.09. The van der Waals surface area contributed by atoms with Crippen LogP contribution in [0.3, 0.4) is 0 Å². The van der Waals surface area contributed by atoms with Gasteiger partial charge < -0.3 is 5.73 Å². The molecule has 0 saturated heterocycles. The van der Waals surface area contributed by atoms with Crippen LogP contribution in [0.2, 0.25) is 0 Å². The standard InChI is InChI=1S/C12H15N3/c1-10-8-14-15(9-10)12-4-2-11(3-5-12)6-7-13/h2-5,8-9H,6-7,13H2,1H3. The molecule has 0 bridgehead atoms. The quantitative estimate of drug-likeness (QED) is 0.821. The Hall–Kier alpha value is -1.61. The summed E-state index contributed by atoms with van der Waals surface area (Å²) in [6.07, 6.45) is 4.80. The molecule has 2 aromatic rings. The van der Waals surface area contributed by atoms with E-state index in [-0.39, 0.29) is 0 Å². The van der Waals surface area contributed by atoms with Gasteiger partial charge in [0.2, 0.25) is 0 Å². The fraction of sp³-hybridized carbons (Fsp3) is 0.250. The molecule has 0 unspecified atom stereocenters. The molecule has 0 aliphatic heterocycles. The molecule has 1 heterocycles. The number of nitrogens with two attached hydrogens (primary N) is 1. The van der Waals surface area contributed by atoms with E-state index in [1.165, 1.54) is 11.1 Å². The van der Waals surface area contributed by atoms with Gasteiger partial charge in [-0.2, -0.15) is 5.10 Å². The van der Waals surface area contributed by atoms with Crippen molar-refractivity contribution in [3.05, 3.63) is 47.8 Å². The van der Waals surface area contributed by atoms with Crippen LogP contribution in [0.25, 0.3) is 5.69 Å². The predicted molar refractivity (Wildman–Crippen MR) is 61.1 cm³/mol. The van der Waals surface area contributed by atoms with Crippen molar-refractivity contribution in [1.82, 2.24) is 9.78 Å². The lowest BCUT2D eigenvalue weighted by Gasteiger charge is -2.02. The third-order valence-corrected chi connectivity index (χ3v) is 2.35. The van der Waals surface area contributed by atoms with Gasteiger partial charge in [-0.05, 0) is 43.1 Å². The zero-order valence-corrected chi connectivity index (χ0v) is 8.85. The van der Waals surface area contributed by atoms with Gasteiger partial charge in [-0.25, -0.2) is 4.68 Å². The van der Waals surface area contributed by atoms with Crippen molar-refractivity contribution in [3.63, 3.8) is 0 Å². The molecule has 0 atom stereocenters. The fourth-order valence-electron chi connectivity index (χ4n) is 1.54. The van der Waals surface area contributed by atoms with Crippen molar-refractivity contribution in [2.45, 2.75) is 13.3 Å². The van der Waals surface area contributed by atoms with Gasteiger partial charge in [0.05, 0.1) is 11.9 Å². The monoisotopic (exact) mass is 201 g/mol. The van der Waals surface area contributed by atoms with Crippen LogP contribution < -0.4 is 5.73 Å². The summed E-state index contributed by atoms with van der Waals surface area (Å²) in [5.41, 5.74) is 9.02. The van der Waals surface area contributed by atoms with Gasteiger partial charge in [-0.15, -0.1) is 0 Å². The molecule has 2 rings (SSSR count). The number of benzene rings is 1. The lowest BCUT2D eigenvalue weighted by Crippen LogP contribution is -2.02. The van der Waals surface area contributed by atoms with Crippen molar-refractivity contribution in [2.24, 2.45) is 5.73 Å². The topological polar surface area (TPSA) is 43.8 Å². The first-order valence-electron chi connectivity index (χ1n) is 5.10. The molecule has 3 nitrogen and oxygen atoms in total. The summed E-state index contributed by atoms with van der Waals surface area (Å²) < 4.78 is 1.88. The van der Waals surface area contributed by atoms with Crippen LogP contribution in [0.1, 0.15) is 11.1 Å². The summed E-state index contributed by atoms with van der Waals surface area (Å²) in [4.78, 5) is 0. The number of rotatable bonds is 3. The number of hydrogen-bond acceptors (Lipinski definition) is 2. The van der Waals surface area contributed by atoms with E-state index in [4.69, 9.17) is 5.73 Å². The van der Waals surface area contributed by atoms with Gasteiger partial charge in [0, 0.05) is 6.20 Å². The lowest BCUT2D eigenvalue weighted by molar-refractivity contribution is 0.877. The molecule has 1 aromatic heterocycles. The van der Waals surface area contributed by atoms with Crippen LogP contribution in [-0.2, 0) is 6.42 Å². The molecule has 0 fully saturated rings. The van der Waals surface area contributed by atoms with Crippen molar-refractivity contribution >= 4 is 0 Å². The van der Waals surface area contributed by atoms with E-state index >= 15 is 0 Å².